The summed E-state index contributed by atoms with van der Waals surface area (Å²) < 4.78 is 23.7. The van der Waals surface area contributed by atoms with Crippen molar-refractivity contribution in [3.05, 3.63) is 148 Å². The molecule has 0 saturated heterocycles. The highest BCUT2D eigenvalue weighted by Gasteiger charge is 2.36. The molecule has 0 spiro atoms. The van der Waals surface area contributed by atoms with E-state index in [1.165, 1.54) is 0 Å². The van der Waals surface area contributed by atoms with E-state index >= 15 is 9.59 Å². The topological polar surface area (TPSA) is 71.1 Å². The molecule has 0 aliphatic heterocycles. The second-order valence-corrected chi connectivity index (χ2v) is 13.9. The van der Waals surface area contributed by atoms with Crippen LogP contribution in [-0.4, -0.2) is 37.5 Å². The van der Waals surface area contributed by atoms with E-state index in [9.17, 15) is 0 Å². The second kappa shape index (κ2) is 19.4. The zero-order valence-corrected chi connectivity index (χ0v) is 31.0. The fourth-order valence-corrected chi connectivity index (χ4v) is 8.51. The van der Waals surface area contributed by atoms with Gasteiger partial charge >= 0.3 is 0 Å². The maximum atomic E-state index is 15.2. The van der Waals surface area contributed by atoms with Crippen LogP contribution in [0, 0.1) is 41.5 Å². The molecule has 3 aromatic carbocycles. The minimum Gasteiger partial charge on any atom is -0.373 e. The Morgan fingerprint density at radius 3 is 1.06 bits per heavy atom. The van der Waals surface area contributed by atoms with Gasteiger partial charge in [0.2, 0.25) is 0 Å². The van der Waals surface area contributed by atoms with Gasteiger partial charge in [0.1, 0.15) is 0 Å². The molecule has 0 aliphatic rings. The number of hydrogen-bond donors (Lipinski definition) is 0. The normalized spacial score (nSPS) is 11.1. The minimum atomic E-state index is -2.03. The Labute approximate surface area is 294 Å². The molecule has 7 heteroatoms. The van der Waals surface area contributed by atoms with Crippen molar-refractivity contribution in [2.75, 3.05) is 26.4 Å². The first kappa shape index (κ1) is 39.7. The number of hydrogen-bond acceptors (Lipinski definition) is 6. The lowest BCUT2D eigenvalue weighted by Crippen LogP contribution is -2.22. The number of ether oxygens (including phenoxy) is 4. The monoisotopic (exact) mass is 682 g/mol. The molecule has 0 amide bonds. The molecule has 260 valence electrons. The van der Waals surface area contributed by atoms with Gasteiger partial charge in [0.25, 0.3) is 0 Å². The Morgan fingerprint density at radius 2 is 0.796 bits per heavy atom. The molecule has 0 fully saturated rings. The molecule has 6 nitrogen and oxygen atoms in total. The van der Waals surface area contributed by atoms with E-state index in [1.54, 1.807) is 24.3 Å². The van der Waals surface area contributed by atoms with Gasteiger partial charge in [-0.25, -0.2) is 0 Å². The molecule has 0 N–H and O–H groups in total. The van der Waals surface area contributed by atoms with Crippen LogP contribution in [0.5, 0.6) is 0 Å². The van der Waals surface area contributed by atoms with Crippen molar-refractivity contribution in [2.24, 2.45) is 0 Å². The molecular weight excluding hydrogens is 631 g/mol. The van der Waals surface area contributed by atoms with Crippen molar-refractivity contribution in [1.82, 2.24) is 0 Å². The minimum absolute atomic E-state index is 0.204. The lowest BCUT2D eigenvalue weighted by molar-refractivity contribution is 0.105. The number of carbonyl (C=O) groups excluding carboxylic acids is 2. The highest BCUT2D eigenvalue weighted by Crippen LogP contribution is 2.47. The fourth-order valence-electron chi connectivity index (χ4n) is 6.27. The molecule has 3 rings (SSSR count). The summed E-state index contributed by atoms with van der Waals surface area (Å²) in [6.07, 6.45) is 6.80. The van der Waals surface area contributed by atoms with E-state index in [-0.39, 0.29) is 11.0 Å². The van der Waals surface area contributed by atoms with Crippen LogP contribution in [0.1, 0.15) is 76.4 Å². The molecule has 3 aromatic rings. The van der Waals surface area contributed by atoms with E-state index in [0.29, 0.717) is 69.3 Å². The van der Waals surface area contributed by atoms with E-state index in [2.05, 4.69) is 26.3 Å². The smallest absolute Gasteiger partial charge is 0.197 e. The van der Waals surface area contributed by atoms with Crippen LogP contribution >= 0.6 is 7.92 Å². The van der Waals surface area contributed by atoms with Crippen molar-refractivity contribution < 1.29 is 28.5 Å². The Balaban J connectivity index is 2.33. The zero-order chi connectivity index (χ0) is 36.1. The van der Waals surface area contributed by atoms with Crippen molar-refractivity contribution in [2.45, 2.75) is 68.0 Å². The largest absolute Gasteiger partial charge is 0.373 e. The van der Waals surface area contributed by atoms with Gasteiger partial charge in [0.15, 0.2) is 11.0 Å². The summed E-state index contributed by atoms with van der Waals surface area (Å²) in [6.45, 7) is 29.6. The van der Waals surface area contributed by atoms with E-state index < -0.39 is 7.92 Å². The highest BCUT2D eigenvalue weighted by atomic mass is 31.1. The van der Waals surface area contributed by atoms with Gasteiger partial charge in [-0.05, 0) is 102 Å². The number of carbonyl (C=O) groups is 2. The van der Waals surface area contributed by atoms with E-state index in [4.69, 9.17) is 18.9 Å². The molecule has 0 unspecified atom stereocenters. The molecule has 0 aliphatic carbocycles. The summed E-state index contributed by atoms with van der Waals surface area (Å²) in [5.74, 6) is 0. The zero-order valence-electron chi connectivity index (χ0n) is 30.1. The van der Waals surface area contributed by atoms with Crippen LogP contribution in [0.2, 0.25) is 0 Å². The van der Waals surface area contributed by atoms with Crippen molar-refractivity contribution >= 4 is 24.3 Å². The SMILES string of the molecule is C=CCOCc1c(C)c(COCC=C)c(C)c(C(=O)P(C(=O)c2c(C)c(COCC=C)c(C)c(COCC=C)c2C)c2ccccc2)c1C. The summed E-state index contributed by atoms with van der Waals surface area (Å²) >= 11 is 0. The predicted molar refractivity (Wildman–Crippen MR) is 202 cm³/mol. The van der Waals surface area contributed by atoms with Crippen LogP contribution in [0.25, 0.3) is 0 Å². The maximum absolute atomic E-state index is 15.2. The van der Waals surface area contributed by atoms with Crippen LogP contribution in [0.4, 0.5) is 0 Å². The second-order valence-electron chi connectivity index (χ2n) is 11.9. The van der Waals surface area contributed by atoms with Gasteiger partial charge in [0.05, 0.1) is 60.8 Å². The average Bonchev–Trinajstić information content (AvgIpc) is 3.08. The predicted octanol–water partition coefficient (Wildman–Crippen LogP) is 9.14. The van der Waals surface area contributed by atoms with E-state index in [1.807, 2.05) is 71.9 Å². The van der Waals surface area contributed by atoms with Crippen molar-refractivity contribution in [3.8, 4) is 0 Å². The van der Waals surface area contributed by atoms with Crippen LogP contribution in [0.15, 0.2) is 81.0 Å². The third-order valence-electron chi connectivity index (χ3n) is 8.90. The molecule has 0 atom stereocenters. The first-order valence-electron chi connectivity index (χ1n) is 16.5. The van der Waals surface area contributed by atoms with Gasteiger partial charge in [-0.1, -0.05) is 54.6 Å². The Kier molecular flexibility index (Phi) is 15.7. The highest BCUT2D eigenvalue weighted by molar-refractivity contribution is 7.96. The van der Waals surface area contributed by atoms with E-state index in [0.717, 1.165) is 55.6 Å². The molecule has 0 saturated carbocycles. The lowest BCUT2D eigenvalue weighted by Gasteiger charge is -2.26. The van der Waals surface area contributed by atoms with Crippen LogP contribution < -0.4 is 5.30 Å². The molecular formula is C42H51O6P. The molecule has 49 heavy (non-hydrogen) atoms. The molecule has 0 bridgehead atoms. The molecule has 0 heterocycles. The maximum Gasteiger partial charge on any atom is 0.197 e. The van der Waals surface area contributed by atoms with Gasteiger partial charge in [-0.15, -0.1) is 26.3 Å². The van der Waals surface area contributed by atoms with Gasteiger partial charge < -0.3 is 18.9 Å². The quantitative estimate of drug-likeness (QED) is 0.0634. The number of benzene rings is 3. The number of rotatable bonds is 21. The Bertz CT molecular complexity index is 1500. The van der Waals surface area contributed by atoms with Crippen LogP contribution in [0.3, 0.4) is 0 Å². The third-order valence-corrected chi connectivity index (χ3v) is 11.0. The first-order valence-corrected chi connectivity index (χ1v) is 17.8. The summed E-state index contributed by atoms with van der Waals surface area (Å²) in [5, 5.41) is 0.689. The fraction of sp³-hybridized carbons (Fsp3) is 0.333. The summed E-state index contributed by atoms with van der Waals surface area (Å²) in [5.41, 5.74) is 9.56. The Hall–Kier alpha value is -3.77. The Morgan fingerprint density at radius 1 is 0.510 bits per heavy atom. The summed E-state index contributed by atoms with van der Waals surface area (Å²) in [4.78, 5) is 30.4. The third kappa shape index (κ3) is 9.27. The summed E-state index contributed by atoms with van der Waals surface area (Å²) in [7, 11) is -2.03. The van der Waals surface area contributed by atoms with Gasteiger partial charge in [-0.3, -0.25) is 9.59 Å². The molecule has 0 radical (unpaired) electrons. The van der Waals surface area contributed by atoms with Crippen LogP contribution in [-0.2, 0) is 45.4 Å². The first-order chi connectivity index (χ1) is 23.6. The van der Waals surface area contributed by atoms with Crippen molar-refractivity contribution in [1.29, 1.82) is 0 Å². The summed E-state index contributed by atoms with van der Waals surface area (Å²) in [6, 6.07) is 9.40. The van der Waals surface area contributed by atoms with Gasteiger partial charge in [-0.2, -0.15) is 0 Å². The molecule has 0 aromatic heterocycles. The van der Waals surface area contributed by atoms with Crippen molar-refractivity contribution in [3.63, 3.8) is 0 Å². The average molecular weight is 683 g/mol. The lowest BCUT2D eigenvalue weighted by atomic mass is 9.89. The standard InChI is InChI=1S/C42H51O6P/c1-11-20-45-24-35-28(5)36(25-46-21-12-2)31(8)39(30(35)7)41(43)49(34-18-16-15-17-19-34)42(44)40-32(9)37(26-47-22-13-3)29(6)38(33(40)10)27-48-23-14-4/h11-19H,1-4,20-27H2,5-10H3. The van der Waals surface area contributed by atoms with Gasteiger partial charge in [0, 0.05) is 11.1 Å².